The van der Waals surface area contributed by atoms with Crippen LogP contribution in [0.3, 0.4) is 0 Å². The van der Waals surface area contributed by atoms with Crippen LogP contribution < -0.4 is 0 Å². The largest absolute Gasteiger partial charge is 0.478 e. The zero-order chi connectivity index (χ0) is 14.6. The monoisotopic (exact) mass is 320 g/mol. The average Bonchev–Trinajstić information content (AvgIpc) is 2.06. The standard InChI is InChI=1S/C6H3ClO2.H4O7P2/c7-5-3-4(8)1-2-6(5)9;1-8(2,3)7-9(4,5)6/h1-3H;(H2,1,2,3)(H2,4,5,6). The molecule has 0 heterocycles. The average molecular weight is 321 g/mol. The predicted octanol–water partition coefficient (Wildman–Crippen LogP) is 0.00550. The molecule has 0 fully saturated rings. The van der Waals surface area contributed by atoms with Gasteiger partial charge in [-0.3, -0.25) is 9.59 Å². The molecule has 0 atom stereocenters. The summed E-state index contributed by atoms with van der Waals surface area (Å²) in [5, 5.41) is -0.0116. The summed E-state index contributed by atoms with van der Waals surface area (Å²) in [4.78, 5) is 51.9. The molecule has 102 valence electrons. The minimum atomic E-state index is -5.05. The van der Waals surface area contributed by atoms with E-state index in [2.05, 4.69) is 4.31 Å². The molecule has 12 heteroatoms. The van der Waals surface area contributed by atoms with Crippen LogP contribution in [0.1, 0.15) is 0 Å². The molecular formula is C6H7ClO9P2. The molecule has 1 rings (SSSR count). The maximum atomic E-state index is 10.5. The van der Waals surface area contributed by atoms with Gasteiger partial charge in [-0.25, -0.2) is 9.13 Å². The van der Waals surface area contributed by atoms with E-state index >= 15 is 0 Å². The molecule has 0 unspecified atom stereocenters. The van der Waals surface area contributed by atoms with Crippen molar-refractivity contribution in [3.63, 3.8) is 0 Å². The number of rotatable bonds is 2. The van der Waals surface area contributed by atoms with Crippen molar-refractivity contribution in [2.75, 3.05) is 0 Å². The molecule has 18 heavy (non-hydrogen) atoms. The molecule has 0 saturated carbocycles. The first-order valence-electron chi connectivity index (χ1n) is 3.87. The van der Waals surface area contributed by atoms with E-state index in [1.807, 2.05) is 0 Å². The molecule has 1 aliphatic rings. The second kappa shape index (κ2) is 6.51. The fraction of sp³-hybridized carbons (Fsp3) is 0. The second-order valence-corrected chi connectivity index (χ2v) is 5.68. The Hall–Kier alpha value is -0.630. The first-order valence-corrected chi connectivity index (χ1v) is 7.30. The Kier molecular flexibility index (Phi) is 6.28. The summed E-state index contributed by atoms with van der Waals surface area (Å²) in [7, 11) is -10.1. The Labute approximate surface area is 105 Å². The molecule has 0 spiro atoms. The van der Waals surface area contributed by atoms with Gasteiger partial charge >= 0.3 is 15.6 Å². The smallest absolute Gasteiger partial charge is 0.302 e. The SMILES string of the molecule is O=C1C=CC(=O)C(Cl)=C1.O=P(O)(O)OP(=O)(O)O. The van der Waals surface area contributed by atoms with E-state index in [0.29, 0.717) is 0 Å². The molecule has 0 bridgehead atoms. The summed E-state index contributed by atoms with van der Waals surface area (Å²) in [6.45, 7) is 0. The van der Waals surface area contributed by atoms with E-state index in [-0.39, 0.29) is 16.6 Å². The van der Waals surface area contributed by atoms with Gasteiger partial charge in [0.25, 0.3) is 0 Å². The summed E-state index contributed by atoms with van der Waals surface area (Å²) in [5.74, 6) is -0.545. The van der Waals surface area contributed by atoms with Crippen LogP contribution >= 0.6 is 27.2 Å². The Morgan fingerprint density at radius 3 is 1.67 bits per heavy atom. The Morgan fingerprint density at radius 2 is 1.44 bits per heavy atom. The molecule has 0 aromatic heterocycles. The van der Waals surface area contributed by atoms with E-state index in [1.54, 1.807) is 0 Å². The number of halogens is 1. The highest BCUT2D eigenvalue weighted by Gasteiger charge is 2.27. The third kappa shape index (κ3) is 9.41. The lowest BCUT2D eigenvalue weighted by Gasteiger charge is -2.03. The number of hydrogen-bond acceptors (Lipinski definition) is 5. The molecule has 0 amide bonds. The van der Waals surface area contributed by atoms with Crippen molar-refractivity contribution in [1.82, 2.24) is 0 Å². The Morgan fingerprint density at radius 1 is 1.00 bits per heavy atom. The van der Waals surface area contributed by atoms with Crippen LogP contribution in [-0.2, 0) is 23.0 Å². The minimum Gasteiger partial charge on any atom is -0.302 e. The Balaban J connectivity index is 0.000000321. The van der Waals surface area contributed by atoms with Gasteiger partial charge in [0.2, 0.25) is 0 Å². The van der Waals surface area contributed by atoms with Crippen LogP contribution in [0.4, 0.5) is 0 Å². The first-order chi connectivity index (χ1) is 7.91. The second-order valence-electron chi connectivity index (χ2n) is 2.66. The van der Waals surface area contributed by atoms with Gasteiger partial charge in [-0.15, -0.1) is 0 Å². The highest BCUT2D eigenvalue weighted by Crippen LogP contribution is 2.53. The van der Waals surface area contributed by atoms with Crippen molar-refractivity contribution in [2.45, 2.75) is 0 Å². The number of carbonyl (C=O) groups excluding carboxylic acids is 2. The van der Waals surface area contributed by atoms with Gasteiger partial charge in [-0.1, -0.05) is 11.6 Å². The lowest BCUT2D eigenvalue weighted by Crippen LogP contribution is -2.02. The summed E-state index contributed by atoms with van der Waals surface area (Å²) in [6.07, 6.45) is 3.45. The molecular weight excluding hydrogens is 313 g/mol. The third-order valence-electron chi connectivity index (χ3n) is 1.12. The van der Waals surface area contributed by atoms with Gasteiger partial charge in [0.15, 0.2) is 11.6 Å². The summed E-state index contributed by atoms with van der Waals surface area (Å²) >= 11 is 5.30. The highest BCUT2D eigenvalue weighted by atomic mass is 35.5. The van der Waals surface area contributed by atoms with Gasteiger partial charge in [0.05, 0.1) is 5.03 Å². The first kappa shape index (κ1) is 17.4. The number of carbonyl (C=O) groups is 2. The summed E-state index contributed by atoms with van der Waals surface area (Å²) < 4.78 is 22.2. The third-order valence-corrected chi connectivity index (χ3v) is 3.11. The van der Waals surface area contributed by atoms with Crippen molar-refractivity contribution in [1.29, 1.82) is 0 Å². The van der Waals surface area contributed by atoms with Gasteiger partial charge in [-0.05, 0) is 12.2 Å². The van der Waals surface area contributed by atoms with E-state index in [1.165, 1.54) is 6.08 Å². The fourth-order valence-corrected chi connectivity index (χ4v) is 1.90. The molecule has 0 saturated heterocycles. The molecule has 0 aromatic rings. The van der Waals surface area contributed by atoms with Crippen LogP contribution in [0.5, 0.6) is 0 Å². The normalized spacial score (nSPS) is 15.9. The Bertz CT molecular complexity index is 475. The van der Waals surface area contributed by atoms with E-state index in [0.717, 1.165) is 12.2 Å². The molecule has 0 aliphatic heterocycles. The van der Waals surface area contributed by atoms with Crippen LogP contribution in [0.15, 0.2) is 23.3 Å². The van der Waals surface area contributed by atoms with Crippen LogP contribution in [0.2, 0.25) is 0 Å². The molecule has 0 aromatic carbocycles. The van der Waals surface area contributed by atoms with Gasteiger partial charge in [0.1, 0.15) is 0 Å². The lowest BCUT2D eigenvalue weighted by molar-refractivity contribution is -0.114. The van der Waals surface area contributed by atoms with Crippen molar-refractivity contribution in [2.24, 2.45) is 0 Å². The molecule has 0 radical (unpaired) electrons. The van der Waals surface area contributed by atoms with Crippen LogP contribution in [0, 0.1) is 0 Å². The van der Waals surface area contributed by atoms with Crippen LogP contribution in [0.25, 0.3) is 0 Å². The van der Waals surface area contributed by atoms with Gasteiger partial charge < -0.3 is 19.6 Å². The fourth-order valence-electron chi connectivity index (χ4n) is 0.620. The topological polar surface area (TPSA) is 158 Å². The lowest BCUT2D eigenvalue weighted by atomic mass is 10.2. The maximum Gasteiger partial charge on any atom is 0.478 e. The van der Waals surface area contributed by atoms with Crippen molar-refractivity contribution >= 4 is 38.8 Å². The molecule has 4 N–H and O–H groups in total. The van der Waals surface area contributed by atoms with Gasteiger partial charge in [0, 0.05) is 6.08 Å². The minimum absolute atomic E-state index is 0.0116. The zero-order valence-electron chi connectivity index (χ0n) is 8.33. The summed E-state index contributed by atoms with van der Waals surface area (Å²) in [5.41, 5.74) is 0. The number of hydrogen-bond donors (Lipinski definition) is 4. The van der Waals surface area contributed by atoms with E-state index in [4.69, 9.17) is 31.2 Å². The quantitative estimate of drug-likeness (QED) is 0.406. The van der Waals surface area contributed by atoms with E-state index in [9.17, 15) is 18.7 Å². The van der Waals surface area contributed by atoms with Crippen molar-refractivity contribution in [3.05, 3.63) is 23.3 Å². The van der Waals surface area contributed by atoms with E-state index < -0.39 is 15.6 Å². The highest BCUT2D eigenvalue weighted by molar-refractivity contribution is 7.60. The number of ketones is 2. The zero-order valence-corrected chi connectivity index (χ0v) is 10.9. The van der Waals surface area contributed by atoms with Crippen LogP contribution in [-0.4, -0.2) is 31.1 Å². The number of allylic oxidation sites excluding steroid dienone is 4. The number of phosphoric acid groups is 2. The molecule has 9 nitrogen and oxygen atoms in total. The molecule has 1 aliphatic carbocycles. The van der Waals surface area contributed by atoms with Crippen molar-refractivity contribution in [3.8, 4) is 0 Å². The predicted molar refractivity (Wildman–Crippen MR) is 58.3 cm³/mol. The summed E-state index contributed by atoms with van der Waals surface area (Å²) in [6, 6.07) is 0. The van der Waals surface area contributed by atoms with Crippen molar-refractivity contribution < 1.29 is 42.6 Å². The van der Waals surface area contributed by atoms with Gasteiger partial charge in [-0.2, -0.15) is 4.31 Å². The maximum absolute atomic E-state index is 10.5.